The van der Waals surface area contributed by atoms with Gasteiger partial charge in [-0.1, -0.05) is 65.8 Å². The van der Waals surface area contributed by atoms with Crippen LogP contribution in [0.25, 0.3) is 0 Å². The van der Waals surface area contributed by atoms with Crippen molar-refractivity contribution in [3.05, 3.63) is 42.0 Å². The fourth-order valence-corrected chi connectivity index (χ4v) is 9.10. The van der Waals surface area contributed by atoms with Gasteiger partial charge < -0.3 is 29.2 Å². The van der Waals surface area contributed by atoms with Crippen molar-refractivity contribution in [1.82, 2.24) is 0 Å². The molecule has 0 spiro atoms. The Morgan fingerprint density at radius 3 is 2.25 bits per heavy atom. The summed E-state index contributed by atoms with van der Waals surface area (Å²) in [5.74, 6) is 0.413. The normalized spacial score (nSPS) is 38.2. The molecule has 0 saturated heterocycles. The van der Waals surface area contributed by atoms with E-state index in [0.717, 1.165) is 29.7 Å². The van der Waals surface area contributed by atoms with Gasteiger partial charge in [-0.15, -0.1) is 0 Å². The first-order chi connectivity index (χ1) is 18.4. The molecule has 1 aromatic rings. The molecule has 0 aromatic heterocycles. The summed E-state index contributed by atoms with van der Waals surface area (Å²) in [6, 6.07) is 7.80. The molecule has 3 aliphatic carbocycles. The Hall–Kier alpha value is -1.22. The Morgan fingerprint density at radius 2 is 1.68 bits per heavy atom. The van der Waals surface area contributed by atoms with Crippen molar-refractivity contribution in [1.29, 1.82) is 0 Å². The first-order valence-corrected chi connectivity index (χ1v) is 18.0. The van der Waals surface area contributed by atoms with Gasteiger partial charge in [-0.25, -0.2) is 0 Å². The summed E-state index contributed by atoms with van der Waals surface area (Å²) < 4.78 is 19.2. The summed E-state index contributed by atoms with van der Waals surface area (Å²) in [7, 11) is -0.546. The second kappa shape index (κ2) is 10.8. The number of aliphatic hydroxyl groups is 3. The Balaban J connectivity index is 1.80. The van der Waals surface area contributed by atoms with Crippen LogP contribution >= 0.6 is 0 Å². The van der Waals surface area contributed by atoms with Crippen molar-refractivity contribution in [2.24, 2.45) is 22.7 Å². The van der Waals surface area contributed by atoms with Crippen LogP contribution in [-0.2, 0) is 15.8 Å². The number of ether oxygens (including phenoxy) is 2. The lowest BCUT2D eigenvalue weighted by Crippen LogP contribution is -2.61. The number of methoxy groups -OCH3 is 1. The van der Waals surface area contributed by atoms with Crippen molar-refractivity contribution < 1.29 is 29.2 Å². The molecule has 2 bridgehead atoms. The predicted molar refractivity (Wildman–Crippen MR) is 162 cm³/mol. The zero-order chi connectivity index (χ0) is 29.9. The van der Waals surface area contributed by atoms with E-state index in [4.69, 9.17) is 13.9 Å². The van der Waals surface area contributed by atoms with Crippen LogP contribution in [0.4, 0.5) is 0 Å². The third-order valence-corrected chi connectivity index (χ3v) is 16.2. The highest BCUT2D eigenvalue weighted by molar-refractivity contribution is 6.74. The molecular weight excluding hydrogens is 520 g/mol. The zero-order valence-electron chi connectivity index (χ0n) is 26.3. The van der Waals surface area contributed by atoms with Crippen LogP contribution in [0, 0.1) is 22.7 Å². The zero-order valence-corrected chi connectivity index (χ0v) is 27.3. The highest BCUT2D eigenvalue weighted by Crippen LogP contribution is 2.61. The maximum atomic E-state index is 12.6. The SMILES string of the molecule is C=C1CC[C@H](O[Si](C)(C)C(C)(C)C)[C@]2(C)[C@@H]1C[C@H](O)[C@]1(O)CC[C@H]([C@@H](OCc3ccc(OC)cc3)[C@H]2O)C1(C)C. The molecular formula is C33H54O6Si. The van der Waals surface area contributed by atoms with Gasteiger partial charge in [0.15, 0.2) is 8.32 Å². The number of hydrogen-bond donors (Lipinski definition) is 3. The maximum Gasteiger partial charge on any atom is 0.192 e. The average molecular weight is 575 g/mol. The van der Waals surface area contributed by atoms with Gasteiger partial charge in [0.1, 0.15) is 5.75 Å². The average Bonchev–Trinajstić information content (AvgIpc) is 3.12. The summed E-state index contributed by atoms with van der Waals surface area (Å²) >= 11 is 0. The lowest BCUT2D eigenvalue weighted by molar-refractivity contribution is -0.181. The van der Waals surface area contributed by atoms with Crippen molar-refractivity contribution in [3.8, 4) is 5.75 Å². The summed E-state index contributed by atoms with van der Waals surface area (Å²) in [6.07, 6.45) is 0.458. The lowest BCUT2D eigenvalue weighted by Gasteiger charge is -2.55. The fourth-order valence-electron chi connectivity index (χ4n) is 7.67. The maximum absolute atomic E-state index is 12.6. The molecule has 0 radical (unpaired) electrons. The van der Waals surface area contributed by atoms with Gasteiger partial charge in [0.25, 0.3) is 0 Å². The van der Waals surface area contributed by atoms with E-state index in [9.17, 15) is 15.3 Å². The number of rotatable bonds is 6. The molecule has 40 heavy (non-hydrogen) atoms. The monoisotopic (exact) mass is 574 g/mol. The molecule has 1 aromatic carbocycles. The van der Waals surface area contributed by atoms with Crippen LogP contribution in [0.5, 0.6) is 5.75 Å². The number of allylic oxidation sites excluding steroid dienone is 1. The van der Waals surface area contributed by atoms with E-state index in [-0.39, 0.29) is 23.0 Å². The molecule has 3 aliphatic rings. The number of aliphatic hydroxyl groups excluding tert-OH is 2. The van der Waals surface area contributed by atoms with Crippen LogP contribution in [0.15, 0.2) is 36.4 Å². The Kier molecular flexibility index (Phi) is 8.56. The molecule has 3 fully saturated rings. The van der Waals surface area contributed by atoms with Crippen LogP contribution < -0.4 is 4.74 Å². The molecule has 226 valence electrons. The van der Waals surface area contributed by atoms with E-state index >= 15 is 0 Å². The molecule has 0 amide bonds. The molecule has 0 heterocycles. The second-order valence-corrected chi connectivity index (χ2v) is 19.8. The fraction of sp³-hybridized carbons (Fsp3) is 0.758. The minimum atomic E-state index is -2.19. The van der Waals surface area contributed by atoms with Crippen LogP contribution in [0.1, 0.15) is 79.2 Å². The first-order valence-electron chi connectivity index (χ1n) is 15.1. The second-order valence-electron chi connectivity index (χ2n) is 15.1. The number of hydrogen-bond acceptors (Lipinski definition) is 6. The third-order valence-electron chi connectivity index (χ3n) is 11.7. The third kappa shape index (κ3) is 5.13. The Morgan fingerprint density at radius 1 is 1.05 bits per heavy atom. The van der Waals surface area contributed by atoms with Crippen LogP contribution in [0.2, 0.25) is 18.1 Å². The minimum absolute atomic E-state index is 0.0107. The van der Waals surface area contributed by atoms with E-state index < -0.39 is 43.1 Å². The van der Waals surface area contributed by atoms with E-state index in [1.807, 2.05) is 38.1 Å². The summed E-state index contributed by atoms with van der Waals surface area (Å²) in [5.41, 5.74) is -0.684. The Labute approximate surface area is 243 Å². The van der Waals surface area contributed by atoms with Gasteiger partial charge in [0.05, 0.1) is 43.7 Å². The van der Waals surface area contributed by atoms with Gasteiger partial charge in [-0.2, -0.15) is 0 Å². The summed E-state index contributed by atoms with van der Waals surface area (Å²) in [4.78, 5) is 0. The largest absolute Gasteiger partial charge is 0.497 e. The van der Waals surface area contributed by atoms with Gasteiger partial charge in [-0.3, -0.25) is 0 Å². The quantitative estimate of drug-likeness (QED) is 0.276. The smallest absolute Gasteiger partial charge is 0.192 e. The molecule has 7 heteroatoms. The number of fused-ring (bicyclic) bond motifs is 3. The van der Waals surface area contributed by atoms with E-state index in [1.165, 1.54) is 0 Å². The number of benzene rings is 1. The van der Waals surface area contributed by atoms with E-state index in [2.05, 4.69) is 47.4 Å². The van der Waals surface area contributed by atoms with Crippen LogP contribution in [0.3, 0.4) is 0 Å². The highest BCUT2D eigenvalue weighted by atomic mass is 28.4. The first kappa shape index (κ1) is 31.7. The van der Waals surface area contributed by atoms with Gasteiger partial charge >= 0.3 is 0 Å². The van der Waals surface area contributed by atoms with Crippen molar-refractivity contribution in [2.45, 2.75) is 128 Å². The molecule has 8 atom stereocenters. The molecule has 3 saturated carbocycles. The van der Waals surface area contributed by atoms with Gasteiger partial charge in [-0.05, 0) is 79.8 Å². The molecule has 0 unspecified atom stereocenters. The van der Waals surface area contributed by atoms with Crippen molar-refractivity contribution in [2.75, 3.05) is 7.11 Å². The van der Waals surface area contributed by atoms with E-state index in [0.29, 0.717) is 25.9 Å². The predicted octanol–water partition coefficient (Wildman–Crippen LogP) is 6.24. The van der Waals surface area contributed by atoms with Crippen LogP contribution in [-0.4, -0.2) is 60.8 Å². The highest BCUT2D eigenvalue weighted by Gasteiger charge is 2.66. The topological polar surface area (TPSA) is 88.4 Å². The summed E-state index contributed by atoms with van der Waals surface area (Å²) in [5, 5.41) is 36.4. The molecule has 6 nitrogen and oxygen atoms in total. The van der Waals surface area contributed by atoms with E-state index in [1.54, 1.807) is 7.11 Å². The minimum Gasteiger partial charge on any atom is -0.497 e. The van der Waals surface area contributed by atoms with Crippen molar-refractivity contribution >= 4 is 8.32 Å². The van der Waals surface area contributed by atoms with Gasteiger partial charge in [0.2, 0.25) is 0 Å². The Bertz CT molecular complexity index is 1060. The van der Waals surface area contributed by atoms with Crippen molar-refractivity contribution in [3.63, 3.8) is 0 Å². The standard InChI is InChI=1S/C33H54O6Si/c1-21-11-16-27(39-40(9,10)30(2,3)4)32(7)25(21)19-26(34)33(36)18-17-24(31(33,5)6)28(29(32)35)38-20-22-12-14-23(37-8)15-13-22/h12-15,24-29,34-36H,1,11,16-20H2,2-10H3/t24-,25-,26+,27+,28-,29-,32+,33-/m1/s1. The molecule has 3 N–H and O–H groups in total. The van der Waals surface area contributed by atoms with Gasteiger partial charge in [0, 0.05) is 10.8 Å². The molecule has 0 aliphatic heterocycles. The molecule has 4 rings (SSSR count). The summed E-state index contributed by atoms with van der Waals surface area (Å²) in [6.45, 7) is 22.2. The lowest BCUT2D eigenvalue weighted by atomic mass is 9.57.